The molecule has 3 nitrogen and oxygen atoms in total. The number of aliphatic hydroxyl groups is 1. The van der Waals surface area contributed by atoms with E-state index in [1.54, 1.807) is 13.2 Å². The lowest BCUT2D eigenvalue weighted by molar-refractivity contribution is 0.128. The second-order valence-electron chi connectivity index (χ2n) is 3.43. The summed E-state index contributed by atoms with van der Waals surface area (Å²) >= 11 is 3.18. The fourth-order valence-corrected chi connectivity index (χ4v) is 1.72. The molecule has 90 valence electrons. The maximum atomic E-state index is 13.2. The van der Waals surface area contributed by atoms with Crippen LogP contribution in [0.5, 0.6) is 0 Å². The smallest absolute Gasteiger partial charge is 0.137 e. The van der Waals surface area contributed by atoms with Crippen molar-refractivity contribution in [1.29, 1.82) is 0 Å². The molecular formula is C11H15BrFNO2. The van der Waals surface area contributed by atoms with E-state index in [-0.39, 0.29) is 18.5 Å². The van der Waals surface area contributed by atoms with Crippen molar-refractivity contribution in [3.63, 3.8) is 0 Å². The standard InChI is InChI=1S/C11H15BrFNO2/c1-16-7-9(6-15)14-5-8-3-2-4-10(13)11(8)12/h2-4,9,14-15H,5-7H2,1H3. The summed E-state index contributed by atoms with van der Waals surface area (Å²) in [6.45, 7) is 0.886. The normalized spacial score (nSPS) is 12.8. The van der Waals surface area contributed by atoms with Gasteiger partial charge < -0.3 is 15.2 Å². The number of rotatable bonds is 6. The van der Waals surface area contributed by atoms with E-state index >= 15 is 0 Å². The average molecular weight is 292 g/mol. The van der Waals surface area contributed by atoms with Crippen LogP contribution in [0.25, 0.3) is 0 Å². The molecule has 0 aliphatic carbocycles. The highest BCUT2D eigenvalue weighted by atomic mass is 79.9. The van der Waals surface area contributed by atoms with E-state index in [4.69, 9.17) is 9.84 Å². The van der Waals surface area contributed by atoms with Crippen LogP contribution in [-0.2, 0) is 11.3 Å². The zero-order chi connectivity index (χ0) is 12.0. The number of hydrogen-bond acceptors (Lipinski definition) is 3. The number of methoxy groups -OCH3 is 1. The highest BCUT2D eigenvalue weighted by molar-refractivity contribution is 9.10. The Morgan fingerprint density at radius 3 is 2.94 bits per heavy atom. The van der Waals surface area contributed by atoms with Gasteiger partial charge in [-0.25, -0.2) is 4.39 Å². The molecule has 0 aliphatic heterocycles. The van der Waals surface area contributed by atoms with Gasteiger partial charge in [0.2, 0.25) is 0 Å². The van der Waals surface area contributed by atoms with Gasteiger partial charge in [0.05, 0.1) is 23.7 Å². The van der Waals surface area contributed by atoms with Crippen molar-refractivity contribution in [2.45, 2.75) is 12.6 Å². The Labute approximate surface area is 103 Å². The number of hydrogen-bond donors (Lipinski definition) is 2. The van der Waals surface area contributed by atoms with Crippen LogP contribution in [-0.4, -0.2) is 31.5 Å². The van der Waals surface area contributed by atoms with E-state index in [1.807, 2.05) is 6.07 Å². The SMILES string of the molecule is COCC(CO)NCc1cccc(F)c1Br. The van der Waals surface area contributed by atoms with Crippen LogP contribution >= 0.6 is 15.9 Å². The molecule has 0 aliphatic rings. The van der Waals surface area contributed by atoms with Gasteiger partial charge in [-0.3, -0.25) is 0 Å². The fraction of sp³-hybridized carbons (Fsp3) is 0.455. The minimum atomic E-state index is -0.286. The molecule has 0 bridgehead atoms. The van der Waals surface area contributed by atoms with Crippen LogP contribution in [0.3, 0.4) is 0 Å². The first-order valence-corrected chi connectivity index (χ1v) is 5.74. The fourth-order valence-electron chi connectivity index (χ4n) is 1.32. The third-order valence-corrected chi connectivity index (χ3v) is 3.09. The first kappa shape index (κ1) is 13.6. The van der Waals surface area contributed by atoms with Crippen molar-refractivity contribution in [2.75, 3.05) is 20.3 Å². The molecule has 0 radical (unpaired) electrons. The summed E-state index contributed by atoms with van der Waals surface area (Å²) in [5.41, 5.74) is 0.814. The Morgan fingerprint density at radius 2 is 2.31 bits per heavy atom. The minimum absolute atomic E-state index is 0.0131. The molecule has 0 saturated carbocycles. The van der Waals surface area contributed by atoms with Gasteiger partial charge in [-0.1, -0.05) is 12.1 Å². The zero-order valence-corrected chi connectivity index (χ0v) is 10.6. The predicted octanol–water partition coefficient (Wildman–Crippen LogP) is 1.69. The van der Waals surface area contributed by atoms with Gasteiger partial charge in [0.15, 0.2) is 0 Å². The quantitative estimate of drug-likeness (QED) is 0.838. The van der Waals surface area contributed by atoms with Crippen molar-refractivity contribution in [1.82, 2.24) is 5.32 Å². The molecule has 16 heavy (non-hydrogen) atoms. The Kier molecular flexibility index (Phi) is 5.90. The van der Waals surface area contributed by atoms with E-state index in [2.05, 4.69) is 21.2 Å². The maximum Gasteiger partial charge on any atom is 0.137 e. The van der Waals surface area contributed by atoms with E-state index in [0.29, 0.717) is 17.6 Å². The monoisotopic (exact) mass is 291 g/mol. The van der Waals surface area contributed by atoms with Crippen LogP contribution in [0.2, 0.25) is 0 Å². The van der Waals surface area contributed by atoms with Gasteiger partial charge in [0.25, 0.3) is 0 Å². The lowest BCUT2D eigenvalue weighted by atomic mass is 10.2. The van der Waals surface area contributed by atoms with Gasteiger partial charge in [-0.2, -0.15) is 0 Å². The third-order valence-electron chi connectivity index (χ3n) is 2.20. The summed E-state index contributed by atoms with van der Waals surface area (Å²) in [5, 5.41) is 12.1. The first-order valence-electron chi connectivity index (χ1n) is 4.95. The number of aliphatic hydroxyl groups excluding tert-OH is 1. The number of benzene rings is 1. The largest absolute Gasteiger partial charge is 0.395 e. The second kappa shape index (κ2) is 6.96. The van der Waals surface area contributed by atoms with E-state index in [1.165, 1.54) is 6.07 Å². The Morgan fingerprint density at radius 1 is 1.56 bits per heavy atom. The Bertz CT molecular complexity index is 336. The molecule has 0 heterocycles. The molecule has 1 aromatic carbocycles. The molecule has 0 saturated heterocycles. The molecule has 5 heteroatoms. The van der Waals surface area contributed by atoms with Crippen LogP contribution in [0.1, 0.15) is 5.56 Å². The molecule has 1 aromatic rings. The summed E-state index contributed by atoms with van der Waals surface area (Å²) in [4.78, 5) is 0. The Hall–Kier alpha value is -0.490. The average Bonchev–Trinajstić information content (AvgIpc) is 2.29. The van der Waals surface area contributed by atoms with Crippen molar-refractivity contribution in [2.24, 2.45) is 0 Å². The molecule has 0 amide bonds. The van der Waals surface area contributed by atoms with Gasteiger partial charge in [-0.15, -0.1) is 0 Å². The van der Waals surface area contributed by atoms with E-state index in [9.17, 15) is 4.39 Å². The van der Waals surface area contributed by atoms with Crippen LogP contribution in [0, 0.1) is 5.82 Å². The number of halogens is 2. The summed E-state index contributed by atoms with van der Waals surface area (Å²) < 4.78 is 18.6. The summed E-state index contributed by atoms with van der Waals surface area (Å²) in [5.74, 6) is -0.286. The highest BCUT2D eigenvalue weighted by Gasteiger charge is 2.09. The van der Waals surface area contributed by atoms with Gasteiger partial charge in [-0.05, 0) is 27.6 Å². The van der Waals surface area contributed by atoms with Crippen LogP contribution in [0.15, 0.2) is 22.7 Å². The van der Waals surface area contributed by atoms with Crippen molar-refractivity contribution >= 4 is 15.9 Å². The molecule has 1 atom stereocenters. The highest BCUT2D eigenvalue weighted by Crippen LogP contribution is 2.20. The van der Waals surface area contributed by atoms with Crippen LogP contribution in [0.4, 0.5) is 4.39 Å². The topological polar surface area (TPSA) is 41.5 Å². The molecule has 0 fully saturated rings. The van der Waals surface area contributed by atoms with E-state index < -0.39 is 0 Å². The predicted molar refractivity (Wildman–Crippen MR) is 63.7 cm³/mol. The lowest BCUT2D eigenvalue weighted by Crippen LogP contribution is -2.36. The Balaban J connectivity index is 2.56. The van der Waals surface area contributed by atoms with E-state index in [0.717, 1.165) is 5.56 Å². The van der Waals surface area contributed by atoms with Crippen molar-refractivity contribution in [3.05, 3.63) is 34.1 Å². The van der Waals surface area contributed by atoms with Crippen LogP contribution < -0.4 is 5.32 Å². The first-order chi connectivity index (χ1) is 7.69. The minimum Gasteiger partial charge on any atom is -0.395 e. The summed E-state index contributed by atoms with van der Waals surface area (Å²) in [6, 6.07) is 4.73. The molecular weight excluding hydrogens is 277 g/mol. The summed E-state index contributed by atoms with van der Waals surface area (Å²) in [6.07, 6.45) is 0. The zero-order valence-electron chi connectivity index (χ0n) is 9.04. The number of nitrogens with one attached hydrogen (secondary N) is 1. The maximum absolute atomic E-state index is 13.2. The molecule has 0 spiro atoms. The number of ether oxygens (including phenoxy) is 1. The second-order valence-corrected chi connectivity index (χ2v) is 4.22. The molecule has 0 aromatic heterocycles. The molecule has 2 N–H and O–H groups in total. The molecule has 1 unspecified atom stereocenters. The van der Waals surface area contributed by atoms with Gasteiger partial charge in [0.1, 0.15) is 5.82 Å². The lowest BCUT2D eigenvalue weighted by Gasteiger charge is -2.15. The summed E-state index contributed by atoms with van der Waals surface area (Å²) in [7, 11) is 1.57. The van der Waals surface area contributed by atoms with Crippen molar-refractivity contribution < 1.29 is 14.2 Å². The molecule has 1 rings (SSSR count). The van der Waals surface area contributed by atoms with Gasteiger partial charge >= 0.3 is 0 Å². The third kappa shape index (κ3) is 3.83. The van der Waals surface area contributed by atoms with Crippen molar-refractivity contribution in [3.8, 4) is 0 Å². The van der Waals surface area contributed by atoms with Gasteiger partial charge in [0, 0.05) is 13.7 Å².